The first-order valence-corrected chi connectivity index (χ1v) is 7.41. The minimum Gasteiger partial charge on any atom is -0.393 e. The molecule has 110 valence electrons. The zero-order chi connectivity index (χ0) is 14.7. The Hall–Kier alpha value is -0.810. The standard InChI is InChI=1S/C14H18Cl2N2O2/c1-9(18-6-4-11(19)5-7-18)14(20)17-13-3-2-10(15)8-12(13)16/h2-3,8-9,11,19H,4-7H2,1H3,(H,17,20). The maximum Gasteiger partial charge on any atom is 0.241 e. The van der Waals surface area contributed by atoms with E-state index in [4.69, 9.17) is 23.2 Å². The summed E-state index contributed by atoms with van der Waals surface area (Å²) in [6.45, 7) is 3.31. The van der Waals surface area contributed by atoms with Crippen molar-refractivity contribution in [3.63, 3.8) is 0 Å². The van der Waals surface area contributed by atoms with Crippen molar-refractivity contribution in [1.29, 1.82) is 0 Å². The summed E-state index contributed by atoms with van der Waals surface area (Å²) in [6.07, 6.45) is 1.17. The van der Waals surface area contributed by atoms with Crippen molar-refractivity contribution >= 4 is 34.8 Å². The van der Waals surface area contributed by atoms with E-state index in [1.807, 2.05) is 6.92 Å². The monoisotopic (exact) mass is 316 g/mol. The number of anilines is 1. The fraction of sp³-hybridized carbons (Fsp3) is 0.500. The second kappa shape index (κ2) is 6.76. The number of carbonyl (C=O) groups is 1. The van der Waals surface area contributed by atoms with Gasteiger partial charge in [-0.05, 0) is 38.0 Å². The number of halogens is 2. The number of piperidine rings is 1. The van der Waals surface area contributed by atoms with Crippen molar-refractivity contribution < 1.29 is 9.90 Å². The van der Waals surface area contributed by atoms with Gasteiger partial charge in [0.05, 0.1) is 22.9 Å². The number of amides is 1. The topological polar surface area (TPSA) is 52.6 Å². The lowest BCUT2D eigenvalue weighted by atomic mass is 10.1. The molecule has 1 heterocycles. The summed E-state index contributed by atoms with van der Waals surface area (Å²) in [5.41, 5.74) is 0.560. The van der Waals surface area contributed by atoms with E-state index in [0.717, 1.165) is 13.1 Å². The van der Waals surface area contributed by atoms with E-state index < -0.39 is 0 Å². The Labute approximate surface area is 128 Å². The third-order valence-corrected chi connectivity index (χ3v) is 4.16. The van der Waals surface area contributed by atoms with Gasteiger partial charge in [0.25, 0.3) is 0 Å². The Kier molecular flexibility index (Phi) is 5.27. The average Bonchev–Trinajstić information content (AvgIpc) is 2.42. The molecular formula is C14H18Cl2N2O2. The summed E-state index contributed by atoms with van der Waals surface area (Å²) < 4.78 is 0. The molecule has 1 saturated heterocycles. The lowest BCUT2D eigenvalue weighted by Crippen LogP contribution is -2.47. The molecule has 0 aliphatic carbocycles. The van der Waals surface area contributed by atoms with Gasteiger partial charge in [-0.1, -0.05) is 23.2 Å². The number of benzene rings is 1. The zero-order valence-corrected chi connectivity index (χ0v) is 12.8. The first kappa shape index (κ1) is 15.6. The molecule has 1 unspecified atom stereocenters. The summed E-state index contributed by atoms with van der Waals surface area (Å²) in [5.74, 6) is -0.106. The molecule has 2 N–H and O–H groups in total. The van der Waals surface area contributed by atoms with Crippen LogP contribution in [0.2, 0.25) is 10.0 Å². The van der Waals surface area contributed by atoms with Gasteiger partial charge in [0.15, 0.2) is 0 Å². The normalized spacial score (nSPS) is 18.8. The molecule has 6 heteroatoms. The van der Waals surface area contributed by atoms with Gasteiger partial charge in [-0.3, -0.25) is 9.69 Å². The highest BCUT2D eigenvalue weighted by Gasteiger charge is 2.26. The molecule has 1 aliphatic heterocycles. The number of hydrogen-bond acceptors (Lipinski definition) is 3. The highest BCUT2D eigenvalue weighted by atomic mass is 35.5. The molecule has 0 spiro atoms. The molecule has 0 saturated carbocycles. The highest BCUT2D eigenvalue weighted by molar-refractivity contribution is 6.36. The van der Waals surface area contributed by atoms with Gasteiger partial charge in [-0.15, -0.1) is 0 Å². The molecule has 1 fully saturated rings. The van der Waals surface area contributed by atoms with Crippen LogP contribution in [0, 0.1) is 0 Å². The number of aliphatic hydroxyl groups excluding tert-OH is 1. The average molecular weight is 317 g/mol. The Morgan fingerprint density at radius 1 is 1.40 bits per heavy atom. The zero-order valence-electron chi connectivity index (χ0n) is 11.3. The molecule has 1 aromatic rings. The second-order valence-electron chi connectivity index (χ2n) is 5.06. The smallest absolute Gasteiger partial charge is 0.241 e. The Morgan fingerprint density at radius 2 is 2.05 bits per heavy atom. The minimum absolute atomic E-state index is 0.106. The first-order valence-electron chi connectivity index (χ1n) is 6.65. The van der Waals surface area contributed by atoms with Gasteiger partial charge in [0, 0.05) is 18.1 Å². The minimum atomic E-state index is -0.255. The maximum atomic E-state index is 12.2. The quantitative estimate of drug-likeness (QED) is 0.901. The Balaban J connectivity index is 1.97. The molecule has 1 amide bonds. The van der Waals surface area contributed by atoms with Gasteiger partial charge in [0.1, 0.15) is 0 Å². The summed E-state index contributed by atoms with van der Waals surface area (Å²) in [5, 5.41) is 13.3. The SMILES string of the molecule is CC(C(=O)Nc1ccc(Cl)cc1Cl)N1CCC(O)CC1. The molecule has 0 bridgehead atoms. The fourth-order valence-corrected chi connectivity index (χ4v) is 2.72. The predicted molar refractivity (Wildman–Crippen MR) is 81.4 cm³/mol. The summed E-state index contributed by atoms with van der Waals surface area (Å²) in [4.78, 5) is 14.3. The molecule has 1 aliphatic rings. The van der Waals surface area contributed by atoms with Crippen LogP contribution in [0.5, 0.6) is 0 Å². The van der Waals surface area contributed by atoms with E-state index in [2.05, 4.69) is 10.2 Å². The summed E-state index contributed by atoms with van der Waals surface area (Å²) in [7, 11) is 0. The van der Waals surface area contributed by atoms with Crippen molar-refractivity contribution in [1.82, 2.24) is 4.90 Å². The van der Waals surface area contributed by atoms with Crippen LogP contribution >= 0.6 is 23.2 Å². The fourth-order valence-electron chi connectivity index (χ4n) is 2.27. The number of nitrogens with zero attached hydrogens (tertiary/aromatic N) is 1. The van der Waals surface area contributed by atoms with Crippen LogP contribution in [0.3, 0.4) is 0 Å². The molecular weight excluding hydrogens is 299 g/mol. The van der Waals surface area contributed by atoms with Crippen LogP contribution in [-0.4, -0.2) is 41.1 Å². The Morgan fingerprint density at radius 3 is 2.65 bits per heavy atom. The lowest BCUT2D eigenvalue weighted by molar-refractivity contribution is -0.121. The molecule has 0 radical (unpaired) electrons. The van der Waals surface area contributed by atoms with Crippen LogP contribution < -0.4 is 5.32 Å². The van der Waals surface area contributed by atoms with Gasteiger partial charge in [-0.2, -0.15) is 0 Å². The van der Waals surface area contributed by atoms with Crippen LogP contribution in [-0.2, 0) is 4.79 Å². The van der Waals surface area contributed by atoms with E-state index in [9.17, 15) is 9.90 Å². The number of hydrogen-bond donors (Lipinski definition) is 2. The van der Waals surface area contributed by atoms with Crippen molar-refractivity contribution in [2.24, 2.45) is 0 Å². The van der Waals surface area contributed by atoms with Crippen molar-refractivity contribution in [2.45, 2.75) is 31.9 Å². The molecule has 1 aromatic carbocycles. The number of carbonyl (C=O) groups excluding carboxylic acids is 1. The van der Waals surface area contributed by atoms with E-state index in [0.29, 0.717) is 28.6 Å². The number of aliphatic hydroxyl groups is 1. The number of rotatable bonds is 3. The van der Waals surface area contributed by atoms with Gasteiger partial charge in [-0.25, -0.2) is 0 Å². The number of likely N-dealkylation sites (tertiary alicyclic amines) is 1. The predicted octanol–water partition coefficient (Wildman–Crippen LogP) is 2.78. The lowest BCUT2D eigenvalue weighted by Gasteiger charge is -2.33. The summed E-state index contributed by atoms with van der Waals surface area (Å²) >= 11 is 11.9. The third kappa shape index (κ3) is 3.85. The van der Waals surface area contributed by atoms with Crippen molar-refractivity contribution in [2.75, 3.05) is 18.4 Å². The van der Waals surface area contributed by atoms with Crippen LogP contribution in [0.15, 0.2) is 18.2 Å². The van der Waals surface area contributed by atoms with Crippen LogP contribution in [0.1, 0.15) is 19.8 Å². The number of nitrogens with one attached hydrogen (secondary N) is 1. The van der Waals surface area contributed by atoms with Gasteiger partial charge < -0.3 is 10.4 Å². The van der Waals surface area contributed by atoms with E-state index in [-0.39, 0.29) is 18.1 Å². The molecule has 1 atom stereocenters. The van der Waals surface area contributed by atoms with E-state index in [1.165, 1.54) is 0 Å². The largest absolute Gasteiger partial charge is 0.393 e. The van der Waals surface area contributed by atoms with Crippen LogP contribution in [0.4, 0.5) is 5.69 Å². The third-order valence-electron chi connectivity index (χ3n) is 3.62. The molecule has 0 aromatic heterocycles. The first-order chi connectivity index (χ1) is 9.47. The molecule has 4 nitrogen and oxygen atoms in total. The molecule has 2 rings (SSSR count). The van der Waals surface area contributed by atoms with Gasteiger partial charge in [0.2, 0.25) is 5.91 Å². The van der Waals surface area contributed by atoms with Crippen molar-refractivity contribution in [3.8, 4) is 0 Å². The highest BCUT2D eigenvalue weighted by Crippen LogP contribution is 2.25. The summed E-state index contributed by atoms with van der Waals surface area (Å²) in [6, 6.07) is 4.72. The van der Waals surface area contributed by atoms with Crippen molar-refractivity contribution in [3.05, 3.63) is 28.2 Å². The van der Waals surface area contributed by atoms with Crippen LogP contribution in [0.25, 0.3) is 0 Å². The van der Waals surface area contributed by atoms with Gasteiger partial charge >= 0.3 is 0 Å². The van der Waals surface area contributed by atoms with E-state index in [1.54, 1.807) is 18.2 Å². The molecule has 20 heavy (non-hydrogen) atoms. The second-order valence-corrected chi connectivity index (χ2v) is 5.90. The van der Waals surface area contributed by atoms with E-state index >= 15 is 0 Å². The maximum absolute atomic E-state index is 12.2. The Bertz CT molecular complexity index is 488.